The molecule has 144 valence electrons. The van der Waals surface area contributed by atoms with Crippen LogP contribution in [0.2, 0.25) is 0 Å². The van der Waals surface area contributed by atoms with Gasteiger partial charge in [-0.05, 0) is 61.5 Å². The van der Waals surface area contributed by atoms with E-state index in [0.29, 0.717) is 17.1 Å². The van der Waals surface area contributed by atoms with Crippen molar-refractivity contribution in [3.8, 4) is 11.4 Å². The summed E-state index contributed by atoms with van der Waals surface area (Å²) >= 11 is 8.62. The van der Waals surface area contributed by atoms with Crippen LogP contribution in [0.15, 0.2) is 49.1 Å². The molecule has 7 nitrogen and oxygen atoms in total. The monoisotopic (exact) mass is 523 g/mol. The zero-order valence-corrected chi connectivity index (χ0v) is 19.1. The average molecular weight is 525 g/mol. The number of rotatable bonds is 1. The molecule has 0 unspecified atom stereocenters. The van der Waals surface area contributed by atoms with E-state index < -0.39 is 11.7 Å². The minimum atomic E-state index is -0.638. The number of hydrogen-bond donors (Lipinski definition) is 1. The molecule has 0 atom stereocenters. The molecular weight excluding hydrogens is 510 g/mol. The molecule has 1 N–H and O–H groups in total. The Morgan fingerprint density at radius 2 is 1.89 bits per heavy atom. The molecule has 0 radical (unpaired) electrons. The number of carbonyl (C=O) groups is 1. The van der Waals surface area contributed by atoms with Crippen molar-refractivity contribution < 1.29 is 9.53 Å². The lowest BCUT2D eigenvalue weighted by Gasteiger charge is -2.34. The molecule has 3 aromatic rings. The standard InChI is InChI=1S/C18H15Br2N5O2S/c1-18(2,3)27-17(26)25-12-5-4-9(19)7-13(12)28-14-8-10(20)6-11(15(14)25)16-21-23-24-22-16/h4-8H,1-3H3,(H,21,22,23,24). The van der Waals surface area contributed by atoms with E-state index in [0.717, 1.165) is 24.4 Å². The van der Waals surface area contributed by atoms with Gasteiger partial charge in [-0.25, -0.2) is 14.8 Å². The number of anilines is 2. The van der Waals surface area contributed by atoms with Gasteiger partial charge < -0.3 is 4.74 Å². The Balaban J connectivity index is 1.96. The molecule has 2 aromatic carbocycles. The third-order valence-corrected chi connectivity index (χ3v) is 5.85. The third kappa shape index (κ3) is 3.68. The number of amides is 1. The van der Waals surface area contributed by atoms with E-state index in [1.165, 1.54) is 0 Å². The van der Waals surface area contributed by atoms with Crippen molar-refractivity contribution in [1.29, 1.82) is 0 Å². The Morgan fingerprint density at radius 3 is 2.57 bits per heavy atom. The lowest BCUT2D eigenvalue weighted by molar-refractivity contribution is 0.0598. The summed E-state index contributed by atoms with van der Waals surface area (Å²) < 4.78 is 7.50. The van der Waals surface area contributed by atoms with Crippen LogP contribution in [0, 0.1) is 0 Å². The Morgan fingerprint density at radius 1 is 1.14 bits per heavy atom. The van der Waals surface area contributed by atoms with Crippen molar-refractivity contribution in [2.75, 3.05) is 4.90 Å². The molecule has 1 amide bonds. The average Bonchev–Trinajstić information content (AvgIpc) is 3.11. The maximum Gasteiger partial charge on any atom is 0.419 e. The van der Waals surface area contributed by atoms with Gasteiger partial charge in [0.15, 0.2) is 5.82 Å². The molecule has 2 heterocycles. The van der Waals surface area contributed by atoms with E-state index in [-0.39, 0.29) is 0 Å². The summed E-state index contributed by atoms with van der Waals surface area (Å²) in [5.41, 5.74) is 1.48. The highest BCUT2D eigenvalue weighted by Crippen LogP contribution is 2.53. The van der Waals surface area contributed by atoms with Crippen LogP contribution in [0.4, 0.5) is 16.2 Å². The number of fused-ring (bicyclic) bond motifs is 2. The van der Waals surface area contributed by atoms with Crippen LogP contribution >= 0.6 is 43.6 Å². The number of carbonyl (C=O) groups excluding carboxylic acids is 1. The molecule has 28 heavy (non-hydrogen) atoms. The summed E-state index contributed by atoms with van der Waals surface area (Å²) in [5.74, 6) is 0.465. The highest BCUT2D eigenvalue weighted by atomic mass is 79.9. The van der Waals surface area contributed by atoms with Gasteiger partial charge in [0, 0.05) is 24.3 Å². The number of tetrazole rings is 1. The van der Waals surface area contributed by atoms with Gasteiger partial charge in [0.1, 0.15) is 5.60 Å². The van der Waals surface area contributed by atoms with Gasteiger partial charge in [-0.3, -0.25) is 0 Å². The third-order valence-electron chi connectivity index (χ3n) is 3.82. The predicted octanol–water partition coefficient (Wildman–Crippen LogP) is 5.93. The van der Waals surface area contributed by atoms with Crippen molar-refractivity contribution in [3.05, 3.63) is 39.3 Å². The summed E-state index contributed by atoms with van der Waals surface area (Å²) in [6, 6.07) is 9.62. The van der Waals surface area contributed by atoms with Crippen molar-refractivity contribution in [2.24, 2.45) is 0 Å². The van der Waals surface area contributed by atoms with Gasteiger partial charge >= 0.3 is 6.09 Å². The molecule has 0 spiro atoms. The Bertz CT molecular complexity index is 1070. The number of hydrogen-bond acceptors (Lipinski definition) is 6. The molecule has 4 rings (SSSR count). The number of aromatic nitrogens is 4. The lowest BCUT2D eigenvalue weighted by atomic mass is 10.1. The maximum atomic E-state index is 13.2. The second-order valence-electron chi connectivity index (χ2n) is 7.08. The predicted molar refractivity (Wildman–Crippen MR) is 114 cm³/mol. The van der Waals surface area contributed by atoms with Gasteiger partial charge in [-0.2, -0.15) is 0 Å². The Labute approximate surface area is 182 Å². The normalized spacial score (nSPS) is 13.1. The van der Waals surface area contributed by atoms with E-state index in [1.54, 1.807) is 16.7 Å². The second-order valence-corrected chi connectivity index (χ2v) is 9.99. The first-order valence-electron chi connectivity index (χ1n) is 8.31. The first kappa shape index (κ1) is 19.4. The van der Waals surface area contributed by atoms with Gasteiger partial charge in [-0.1, -0.05) is 43.6 Å². The number of ether oxygens (including phenoxy) is 1. The van der Waals surface area contributed by atoms with Crippen LogP contribution in [0.3, 0.4) is 0 Å². The summed E-state index contributed by atoms with van der Waals surface area (Å²) in [6.45, 7) is 5.53. The highest BCUT2D eigenvalue weighted by Gasteiger charge is 2.35. The molecular formula is C18H15Br2N5O2S. The smallest absolute Gasteiger partial charge is 0.419 e. The number of halogens is 2. The fourth-order valence-corrected chi connectivity index (χ4v) is 5.12. The number of aromatic amines is 1. The molecule has 1 aromatic heterocycles. The van der Waals surface area contributed by atoms with Crippen LogP contribution in [-0.2, 0) is 4.74 Å². The van der Waals surface area contributed by atoms with Crippen molar-refractivity contribution in [3.63, 3.8) is 0 Å². The van der Waals surface area contributed by atoms with Crippen molar-refractivity contribution >= 4 is 61.1 Å². The second kappa shape index (κ2) is 7.16. The van der Waals surface area contributed by atoms with Crippen LogP contribution in [0.25, 0.3) is 11.4 Å². The lowest BCUT2D eigenvalue weighted by Crippen LogP contribution is -2.35. The molecule has 0 fully saturated rings. The van der Waals surface area contributed by atoms with E-state index in [2.05, 4.69) is 52.5 Å². The summed E-state index contributed by atoms with van der Waals surface area (Å²) in [4.78, 5) is 16.7. The fourth-order valence-electron chi connectivity index (χ4n) is 2.83. The Kier molecular flexibility index (Phi) is 4.96. The van der Waals surface area contributed by atoms with Crippen LogP contribution in [-0.4, -0.2) is 32.3 Å². The van der Waals surface area contributed by atoms with Crippen LogP contribution in [0.1, 0.15) is 20.8 Å². The topological polar surface area (TPSA) is 84.0 Å². The molecule has 0 saturated heterocycles. The fraction of sp³-hybridized carbons (Fsp3) is 0.222. The SMILES string of the molecule is CC(C)(C)OC(=O)N1c2ccc(Br)cc2Sc2cc(Br)cc(-c3nnn[nH]3)c21. The number of nitrogens with zero attached hydrogens (tertiary/aromatic N) is 4. The molecule has 1 aliphatic heterocycles. The number of nitrogens with one attached hydrogen (secondary N) is 1. The van der Waals surface area contributed by atoms with E-state index in [1.807, 2.05) is 51.1 Å². The van der Waals surface area contributed by atoms with E-state index >= 15 is 0 Å². The Hall–Kier alpha value is -1.91. The number of benzene rings is 2. The quantitative estimate of drug-likeness (QED) is 0.424. The maximum absolute atomic E-state index is 13.2. The number of H-pyrrole nitrogens is 1. The molecule has 0 saturated carbocycles. The van der Waals surface area contributed by atoms with Crippen LogP contribution in [0.5, 0.6) is 0 Å². The van der Waals surface area contributed by atoms with Gasteiger partial charge in [0.05, 0.1) is 11.4 Å². The van der Waals surface area contributed by atoms with E-state index in [9.17, 15) is 4.79 Å². The minimum Gasteiger partial charge on any atom is -0.443 e. The van der Waals surface area contributed by atoms with Crippen molar-refractivity contribution in [1.82, 2.24) is 20.6 Å². The molecule has 0 bridgehead atoms. The first-order chi connectivity index (χ1) is 13.2. The van der Waals surface area contributed by atoms with E-state index in [4.69, 9.17) is 4.74 Å². The summed E-state index contributed by atoms with van der Waals surface area (Å²) in [6.07, 6.45) is -0.464. The summed E-state index contributed by atoms with van der Waals surface area (Å²) in [7, 11) is 0. The van der Waals surface area contributed by atoms with Gasteiger partial charge in [0.25, 0.3) is 0 Å². The highest BCUT2D eigenvalue weighted by molar-refractivity contribution is 9.10. The van der Waals surface area contributed by atoms with Gasteiger partial charge in [0.2, 0.25) is 0 Å². The zero-order chi connectivity index (χ0) is 20.1. The van der Waals surface area contributed by atoms with Crippen LogP contribution < -0.4 is 4.90 Å². The zero-order valence-electron chi connectivity index (χ0n) is 15.2. The molecule has 0 aliphatic carbocycles. The van der Waals surface area contributed by atoms with Crippen molar-refractivity contribution in [2.45, 2.75) is 36.2 Å². The first-order valence-corrected chi connectivity index (χ1v) is 10.7. The largest absolute Gasteiger partial charge is 0.443 e. The molecule has 10 heteroatoms. The minimum absolute atomic E-state index is 0.464. The van der Waals surface area contributed by atoms with Gasteiger partial charge in [-0.15, -0.1) is 5.10 Å². The molecule has 1 aliphatic rings. The summed E-state index contributed by atoms with van der Waals surface area (Å²) in [5, 5.41) is 14.2.